The number of Topliss-reactive ketones (excluding diaryl/α,β-unsaturated/α-hetero) is 1. The first kappa shape index (κ1) is 19.8. The van der Waals surface area contributed by atoms with Crippen LogP contribution in [-0.4, -0.2) is 5.78 Å². The van der Waals surface area contributed by atoms with Crippen LogP contribution in [0.2, 0.25) is 0 Å². The quantitative estimate of drug-likeness (QED) is 0.307. The molecule has 1 aliphatic rings. The molecule has 0 aliphatic heterocycles. The second kappa shape index (κ2) is 6.89. The van der Waals surface area contributed by atoms with Crippen molar-refractivity contribution < 1.29 is 31.5 Å². The molecular weight excluding hydrogens is 435 g/mol. The van der Waals surface area contributed by atoms with Crippen molar-refractivity contribution >= 4 is 21.7 Å². The van der Waals surface area contributed by atoms with Crippen LogP contribution >= 0.6 is 15.9 Å². The van der Waals surface area contributed by atoms with Gasteiger partial charge in [0.05, 0.1) is 4.47 Å². The van der Waals surface area contributed by atoms with E-state index in [1.807, 2.05) is 0 Å². The molecule has 0 aromatic heterocycles. The number of benzene rings is 2. The Morgan fingerprint density at radius 3 is 2.04 bits per heavy atom. The number of fused-ring (bicyclic) bond motifs is 1. The van der Waals surface area contributed by atoms with E-state index in [-0.39, 0.29) is 27.8 Å². The Labute approximate surface area is 160 Å². The lowest BCUT2D eigenvalue weighted by Gasteiger charge is -2.19. The van der Waals surface area contributed by atoms with Gasteiger partial charge in [-0.3, -0.25) is 4.79 Å². The van der Waals surface area contributed by atoms with Crippen molar-refractivity contribution in [1.29, 1.82) is 0 Å². The lowest BCUT2D eigenvalue weighted by molar-refractivity contribution is 0.0946. The van der Waals surface area contributed by atoms with E-state index in [0.717, 1.165) is 0 Å². The molecule has 0 amide bonds. The van der Waals surface area contributed by atoms with Gasteiger partial charge in [-0.25, -0.2) is 13.2 Å². The molecule has 1 atom stereocenters. The fourth-order valence-electron chi connectivity index (χ4n) is 3.08. The lowest BCUT2D eigenvalue weighted by Crippen LogP contribution is -2.07. The van der Waals surface area contributed by atoms with E-state index in [4.69, 9.17) is 4.74 Å². The number of halogens is 6. The van der Waals surface area contributed by atoms with Crippen LogP contribution in [0.3, 0.4) is 0 Å². The van der Waals surface area contributed by atoms with Crippen molar-refractivity contribution in [2.45, 2.75) is 33.1 Å². The molecule has 0 spiro atoms. The zero-order valence-corrected chi connectivity index (χ0v) is 16.1. The van der Waals surface area contributed by atoms with Gasteiger partial charge in [0.25, 0.3) is 0 Å². The summed E-state index contributed by atoms with van der Waals surface area (Å²) in [5.74, 6) is -12.6. The van der Waals surface area contributed by atoms with Crippen molar-refractivity contribution in [3.05, 3.63) is 56.3 Å². The number of hydrogen-bond donors (Lipinski definition) is 0. The number of rotatable bonds is 3. The van der Waals surface area contributed by atoms with E-state index in [0.29, 0.717) is 23.1 Å². The van der Waals surface area contributed by atoms with Gasteiger partial charge in [-0.15, -0.1) is 0 Å². The number of ether oxygens (including phenoxy) is 1. The van der Waals surface area contributed by atoms with Crippen LogP contribution in [0.5, 0.6) is 11.5 Å². The SMILES string of the molecule is CC1Cc2c(cc(C(C)C)c(Oc3c(F)c(F)c(F)c(F)c3F)c2Br)C1=O. The Morgan fingerprint density at radius 1 is 1.00 bits per heavy atom. The molecule has 3 rings (SSSR count). The van der Waals surface area contributed by atoms with Crippen LogP contribution in [0.1, 0.15) is 48.2 Å². The standard InChI is InChI=1S/C19H14BrF5O2/c1-6(2)8-5-10-9(4-7(3)17(10)26)11(20)18(8)27-19-15(24)13(22)12(21)14(23)16(19)25/h5-7H,4H2,1-3H3. The largest absolute Gasteiger partial charge is 0.449 e. The van der Waals surface area contributed by atoms with Crippen LogP contribution in [0.4, 0.5) is 22.0 Å². The smallest absolute Gasteiger partial charge is 0.207 e. The van der Waals surface area contributed by atoms with Gasteiger partial charge in [0.15, 0.2) is 5.78 Å². The van der Waals surface area contributed by atoms with Crippen LogP contribution in [0.25, 0.3) is 0 Å². The zero-order chi connectivity index (χ0) is 20.2. The van der Waals surface area contributed by atoms with Crippen molar-refractivity contribution in [1.82, 2.24) is 0 Å². The maximum absolute atomic E-state index is 14.0. The Morgan fingerprint density at radius 2 is 1.52 bits per heavy atom. The summed E-state index contributed by atoms with van der Waals surface area (Å²) < 4.78 is 73.8. The number of hydrogen-bond acceptors (Lipinski definition) is 2. The number of carbonyl (C=O) groups excluding carboxylic acids is 1. The maximum atomic E-state index is 14.0. The van der Waals surface area contributed by atoms with Crippen LogP contribution in [0.15, 0.2) is 10.5 Å². The second-order valence-electron chi connectivity index (χ2n) is 6.76. The summed E-state index contributed by atoms with van der Waals surface area (Å²) in [7, 11) is 0. The molecule has 0 fully saturated rings. The van der Waals surface area contributed by atoms with Crippen LogP contribution in [-0.2, 0) is 6.42 Å². The van der Waals surface area contributed by atoms with Gasteiger partial charge in [-0.05, 0) is 45.5 Å². The first-order valence-corrected chi connectivity index (χ1v) is 8.94. The third-order valence-corrected chi connectivity index (χ3v) is 5.41. The van der Waals surface area contributed by atoms with E-state index in [1.54, 1.807) is 26.8 Å². The van der Waals surface area contributed by atoms with E-state index in [1.165, 1.54) is 0 Å². The molecule has 144 valence electrons. The summed E-state index contributed by atoms with van der Waals surface area (Å²) in [5.41, 5.74) is 1.45. The fourth-order valence-corrected chi connectivity index (χ4v) is 3.77. The zero-order valence-electron chi connectivity index (χ0n) is 14.5. The minimum atomic E-state index is -2.26. The summed E-state index contributed by atoms with van der Waals surface area (Å²) in [6.07, 6.45) is 0.376. The molecule has 0 saturated heterocycles. The summed E-state index contributed by atoms with van der Waals surface area (Å²) in [4.78, 5) is 12.3. The molecule has 0 bridgehead atoms. The summed E-state index contributed by atoms with van der Waals surface area (Å²) in [5, 5.41) is 0. The Bertz CT molecular complexity index is 943. The predicted molar refractivity (Wildman–Crippen MR) is 91.7 cm³/mol. The van der Waals surface area contributed by atoms with E-state index < -0.39 is 34.8 Å². The highest BCUT2D eigenvalue weighted by molar-refractivity contribution is 9.10. The van der Waals surface area contributed by atoms with E-state index >= 15 is 0 Å². The van der Waals surface area contributed by atoms with Gasteiger partial charge in [0.1, 0.15) is 5.75 Å². The summed E-state index contributed by atoms with van der Waals surface area (Å²) in [6, 6.07) is 1.55. The number of ketones is 1. The van der Waals surface area contributed by atoms with Gasteiger partial charge in [-0.1, -0.05) is 20.8 Å². The van der Waals surface area contributed by atoms with Gasteiger partial charge in [-0.2, -0.15) is 8.78 Å². The minimum Gasteiger partial charge on any atom is -0.449 e. The van der Waals surface area contributed by atoms with Gasteiger partial charge in [0.2, 0.25) is 34.8 Å². The average Bonchev–Trinajstić information content (AvgIpc) is 2.91. The van der Waals surface area contributed by atoms with E-state index in [2.05, 4.69) is 15.9 Å². The molecular formula is C19H14BrF5O2. The van der Waals surface area contributed by atoms with Crippen molar-refractivity contribution in [2.24, 2.45) is 5.92 Å². The van der Waals surface area contributed by atoms with Crippen LogP contribution in [0, 0.1) is 35.0 Å². The fraction of sp³-hybridized carbons (Fsp3) is 0.316. The van der Waals surface area contributed by atoms with Crippen molar-refractivity contribution in [3.63, 3.8) is 0 Å². The lowest BCUT2D eigenvalue weighted by atomic mass is 9.97. The average molecular weight is 449 g/mol. The highest BCUT2D eigenvalue weighted by Gasteiger charge is 2.34. The normalized spacial score (nSPS) is 16.2. The molecule has 2 aromatic carbocycles. The van der Waals surface area contributed by atoms with E-state index in [9.17, 15) is 26.7 Å². The molecule has 2 nitrogen and oxygen atoms in total. The Kier molecular flexibility index (Phi) is 5.05. The Balaban J connectivity index is 2.23. The minimum absolute atomic E-state index is 0.0737. The molecule has 1 aliphatic carbocycles. The van der Waals surface area contributed by atoms with Gasteiger partial charge < -0.3 is 4.74 Å². The molecule has 1 unspecified atom stereocenters. The summed E-state index contributed by atoms with van der Waals surface area (Å²) >= 11 is 3.28. The molecule has 0 radical (unpaired) electrons. The number of carbonyl (C=O) groups is 1. The second-order valence-corrected chi connectivity index (χ2v) is 7.55. The molecule has 27 heavy (non-hydrogen) atoms. The topological polar surface area (TPSA) is 26.3 Å². The van der Waals surface area contributed by atoms with Gasteiger partial charge >= 0.3 is 0 Å². The Hall–Kier alpha value is -1.96. The molecule has 0 N–H and O–H groups in total. The first-order chi connectivity index (χ1) is 12.6. The third kappa shape index (κ3) is 3.03. The first-order valence-electron chi connectivity index (χ1n) is 8.14. The molecule has 0 saturated carbocycles. The highest BCUT2D eigenvalue weighted by Crippen LogP contribution is 2.46. The van der Waals surface area contributed by atoms with Crippen LogP contribution < -0.4 is 4.74 Å². The molecule has 8 heteroatoms. The van der Waals surface area contributed by atoms with Crippen molar-refractivity contribution in [2.75, 3.05) is 0 Å². The molecule has 2 aromatic rings. The highest BCUT2D eigenvalue weighted by atomic mass is 79.9. The van der Waals surface area contributed by atoms with Gasteiger partial charge in [0, 0.05) is 11.5 Å². The molecule has 0 heterocycles. The summed E-state index contributed by atoms with van der Waals surface area (Å²) in [6.45, 7) is 5.25. The van der Waals surface area contributed by atoms with Crippen molar-refractivity contribution in [3.8, 4) is 11.5 Å². The monoisotopic (exact) mass is 448 g/mol. The predicted octanol–water partition coefficient (Wildman–Crippen LogP) is 6.44. The maximum Gasteiger partial charge on any atom is 0.207 e. The third-order valence-electron chi connectivity index (χ3n) is 4.57.